The summed E-state index contributed by atoms with van der Waals surface area (Å²) in [6.07, 6.45) is 0. The minimum atomic E-state index is -3.35. The van der Waals surface area contributed by atoms with E-state index in [0.717, 1.165) is 24.5 Å². The van der Waals surface area contributed by atoms with Gasteiger partial charge in [0.2, 0.25) is 10.0 Å². The normalized spacial score (nSPS) is 12.2. The standard InChI is InChI=1S/C12H23N3O2S2/c1-4-13-10-11-6-7-12(18-11)19(16,17)14-8-9-15(3)5-2/h6-7,13-14H,4-5,8-10H2,1-3H3. The minimum Gasteiger partial charge on any atom is -0.312 e. The number of rotatable bonds is 9. The third-order valence-corrected chi connectivity index (χ3v) is 5.81. The van der Waals surface area contributed by atoms with Gasteiger partial charge in [0, 0.05) is 24.5 Å². The van der Waals surface area contributed by atoms with Crippen LogP contribution in [0.1, 0.15) is 18.7 Å². The fraction of sp³-hybridized carbons (Fsp3) is 0.667. The number of nitrogens with zero attached hydrogens (tertiary/aromatic N) is 1. The van der Waals surface area contributed by atoms with E-state index in [1.165, 1.54) is 11.3 Å². The first-order chi connectivity index (χ1) is 8.99. The molecule has 0 saturated carbocycles. The van der Waals surface area contributed by atoms with Gasteiger partial charge < -0.3 is 10.2 Å². The van der Waals surface area contributed by atoms with E-state index in [2.05, 4.69) is 14.9 Å². The Balaban J connectivity index is 2.54. The van der Waals surface area contributed by atoms with Crippen molar-refractivity contribution in [3.8, 4) is 0 Å². The molecular formula is C12H23N3O2S2. The van der Waals surface area contributed by atoms with Crippen LogP contribution in [0.15, 0.2) is 16.3 Å². The Hall–Kier alpha value is -0.470. The second-order valence-corrected chi connectivity index (χ2v) is 7.46. The van der Waals surface area contributed by atoms with E-state index >= 15 is 0 Å². The van der Waals surface area contributed by atoms with E-state index in [4.69, 9.17) is 0 Å². The molecule has 0 aromatic carbocycles. The molecule has 0 amide bonds. The van der Waals surface area contributed by atoms with Crippen molar-refractivity contribution < 1.29 is 8.42 Å². The van der Waals surface area contributed by atoms with E-state index in [0.29, 0.717) is 17.3 Å². The zero-order chi connectivity index (χ0) is 14.3. The van der Waals surface area contributed by atoms with Crippen LogP contribution >= 0.6 is 11.3 Å². The average Bonchev–Trinajstić information content (AvgIpc) is 2.85. The fourth-order valence-electron chi connectivity index (χ4n) is 1.45. The molecule has 0 fully saturated rings. The van der Waals surface area contributed by atoms with Gasteiger partial charge in [0.25, 0.3) is 0 Å². The molecule has 1 heterocycles. The predicted molar refractivity (Wildman–Crippen MR) is 80.1 cm³/mol. The second-order valence-electron chi connectivity index (χ2n) is 4.29. The van der Waals surface area contributed by atoms with Crippen LogP contribution in [0.5, 0.6) is 0 Å². The van der Waals surface area contributed by atoms with Gasteiger partial charge in [-0.3, -0.25) is 0 Å². The van der Waals surface area contributed by atoms with Crippen molar-refractivity contribution in [1.29, 1.82) is 0 Å². The number of likely N-dealkylation sites (N-methyl/N-ethyl adjacent to an activating group) is 1. The predicted octanol–water partition coefficient (Wildman–Crippen LogP) is 1.09. The monoisotopic (exact) mass is 305 g/mol. The van der Waals surface area contributed by atoms with E-state index in [1.54, 1.807) is 6.07 Å². The summed E-state index contributed by atoms with van der Waals surface area (Å²) in [4.78, 5) is 3.10. The van der Waals surface area contributed by atoms with E-state index in [-0.39, 0.29) is 0 Å². The first kappa shape index (κ1) is 16.6. The third-order valence-electron chi connectivity index (χ3n) is 2.78. The topological polar surface area (TPSA) is 61.4 Å². The Bertz CT molecular complexity index is 471. The largest absolute Gasteiger partial charge is 0.312 e. The van der Waals surface area contributed by atoms with Crippen molar-refractivity contribution in [2.45, 2.75) is 24.6 Å². The lowest BCUT2D eigenvalue weighted by molar-refractivity contribution is 0.358. The maximum atomic E-state index is 12.0. The molecule has 0 atom stereocenters. The Labute approximate surface area is 120 Å². The van der Waals surface area contributed by atoms with Gasteiger partial charge in [-0.2, -0.15) is 0 Å². The van der Waals surface area contributed by atoms with Crippen molar-refractivity contribution >= 4 is 21.4 Å². The van der Waals surface area contributed by atoms with Crippen LogP contribution < -0.4 is 10.0 Å². The smallest absolute Gasteiger partial charge is 0.250 e. The van der Waals surface area contributed by atoms with Gasteiger partial charge in [-0.1, -0.05) is 13.8 Å². The van der Waals surface area contributed by atoms with Gasteiger partial charge in [-0.05, 0) is 32.3 Å². The molecule has 1 rings (SSSR count). The van der Waals surface area contributed by atoms with Crippen LogP contribution in [0, 0.1) is 0 Å². The molecule has 0 aliphatic heterocycles. The van der Waals surface area contributed by atoms with Crippen molar-refractivity contribution in [2.24, 2.45) is 0 Å². The summed E-state index contributed by atoms with van der Waals surface area (Å²) in [5.41, 5.74) is 0. The molecular weight excluding hydrogens is 282 g/mol. The van der Waals surface area contributed by atoms with Crippen LogP contribution in [-0.4, -0.2) is 46.5 Å². The molecule has 0 unspecified atom stereocenters. The zero-order valence-electron chi connectivity index (χ0n) is 11.8. The van der Waals surface area contributed by atoms with Crippen LogP contribution in [-0.2, 0) is 16.6 Å². The average molecular weight is 305 g/mol. The number of sulfonamides is 1. The summed E-state index contributed by atoms with van der Waals surface area (Å²) in [5.74, 6) is 0. The van der Waals surface area contributed by atoms with Gasteiger partial charge in [0.05, 0.1) is 0 Å². The molecule has 7 heteroatoms. The Morgan fingerprint density at radius 1 is 1.32 bits per heavy atom. The van der Waals surface area contributed by atoms with Crippen molar-refractivity contribution in [3.05, 3.63) is 17.0 Å². The Morgan fingerprint density at radius 2 is 2.05 bits per heavy atom. The van der Waals surface area contributed by atoms with E-state index in [1.807, 2.05) is 27.0 Å². The summed E-state index contributed by atoms with van der Waals surface area (Å²) in [7, 11) is -1.39. The lowest BCUT2D eigenvalue weighted by Crippen LogP contribution is -2.32. The van der Waals surface area contributed by atoms with Crippen LogP contribution in [0.2, 0.25) is 0 Å². The third kappa shape index (κ3) is 5.58. The van der Waals surface area contributed by atoms with Crippen LogP contribution in [0.3, 0.4) is 0 Å². The molecule has 0 bridgehead atoms. The lowest BCUT2D eigenvalue weighted by atomic mass is 10.4. The van der Waals surface area contributed by atoms with Gasteiger partial charge in [-0.25, -0.2) is 13.1 Å². The maximum Gasteiger partial charge on any atom is 0.250 e. The lowest BCUT2D eigenvalue weighted by Gasteiger charge is -2.13. The molecule has 19 heavy (non-hydrogen) atoms. The highest BCUT2D eigenvalue weighted by Crippen LogP contribution is 2.21. The molecule has 0 aliphatic carbocycles. The minimum absolute atomic E-state index is 0.388. The molecule has 0 radical (unpaired) electrons. The molecule has 0 spiro atoms. The highest BCUT2D eigenvalue weighted by molar-refractivity contribution is 7.91. The molecule has 110 valence electrons. The zero-order valence-corrected chi connectivity index (χ0v) is 13.4. The van der Waals surface area contributed by atoms with Crippen molar-refractivity contribution in [1.82, 2.24) is 14.9 Å². The Kier molecular flexibility index (Phi) is 6.95. The van der Waals surface area contributed by atoms with Crippen LogP contribution in [0.25, 0.3) is 0 Å². The number of hydrogen-bond acceptors (Lipinski definition) is 5. The summed E-state index contributed by atoms with van der Waals surface area (Å²) in [6, 6.07) is 3.53. The highest BCUT2D eigenvalue weighted by Gasteiger charge is 2.16. The van der Waals surface area contributed by atoms with Gasteiger partial charge in [-0.15, -0.1) is 11.3 Å². The molecule has 0 saturated heterocycles. The highest BCUT2D eigenvalue weighted by atomic mass is 32.2. The summed E-state index contributed by atoms with van der Waals surface area (Å²) in [6.45, 7) is 7.72. The number of hydrogen-bond donors (Lipinski definition) is 2. The Morgan fingerprint density at radius 3 is 2.68 bits per heavy atom. The quantitative estimate of drug-likeness (QED) is 0.717. The summed E-state index contributed by atoms with van der Waals surface area (Å²) in [5, 5.41) is 3.18. The van der Waals surface area contributed by atoms with Gasteiger partial charge in [0.1, 0.15) is 4.21 Å². The second kappa shape index (κ2) is 7.96. The fourth-order valence-corrected chi connectivity index (χ4v) is 3.84. The molecule has 1 aromatic heterocycles. The number of thiophene rings is 1. The molecule has 5 nitrogen and oxygen atoms in total. The SMILES string of the molecule is CCNCc1ccc(S(=O)(=O)NCCN(C)CC)s1. The van der Waals surface area contributed by atoms with E-state index in [9.17, 15) is 8.42 Å². The summed E-state index contributed by atoms with van der Waals surface area (Å²) < 4.78 is 27.1. The molecule has 0 aliphatic rings. The van der Waals surface area contributed by atoms with Gasteiger partial charge >= 0.3 is 0 Å². The maximum absolute atomic E-state index is 12.0. The first-order valence-electron chi connectivity index (χ1n) is 6.47. The van der Waals surface area contributed by atoms with Crippen LogP contribution in [0.4, 0.5) is 0 Å². The molecule has 2 N–H and O–H groups in total. The summed E-state index contributed by atoms with van der Waals surface area (Å²) >= 11 is 1.32. The van der Waals surface area contributed by atoms with Crippen molar-refractivity contribution in [2.75, 3.05) is 33.2 Å². The number of nitrogens with one attached hydrogen (secondary N) is 2. The van der Waals surface area contributed by atoms with Crippen molar-refractivity contribution in [3.63, 3.8) is 0 Å². The molecule has 1 aromatic rings. The first-order valence-corrected chi connectivity index (χ1v) is 8.77. The van der Waals surface area contributed by atoms with Gasteiger partial charge in [0.15, 0.2) is 0 Å². The van der Waals surface area contributed by atoms with E-state index < -0.39 is 10.0 Å².